The second-order valence-electron chi connectivity index (χ2n) is 10.5. The number of Topliss-reactive ketones (excluding diaryl/α,β-unsaturated/α-hetero) is 1. The zero-order valence-electron chi connectivity index (χ0n) is 17.4. The number of ketones is 1. The molecule has 0 radical (unpaired) electrons. The molecule has 4 fully saturated rings. The van der Waals surface area contributed by atoms with E-state index in [0.717, 1.165) is 44.4 Å². The van der Waals surface area contributed by atoms with Crippen LogP contribution in [-0.2, 0) is 9.53 Å². The third-order valence-electron chi connectivity index (χ3n) is 9.37. The molecule has 4 aliphatic rings. The smallest absolute Gasteiger partial charge is 0.374 e. The summed E-state index contributed by atoms with van der Waals surface area (Å²) in [6.45, 7) is 4.75. The van der Waals surface area contributed by atoms with E-state index in [1.807, 2.05) is 0 Å². The molecule has 29 heavy (non-hydrogen) atoms. The topological polar surface area (TPSA) is 56.5 Å². The molecule has 158 valence electrons. The first-order valence-corrected chi connectivity index (χ1v) is 12.1. The van der Waals surface area contributed by atoms with Crippen molar-refractivity contribution in [1.29, 1.82) is 0 Å². The fourth-order valence-electron chi connectivity index (χ4n) is 7.73. The normalized spacial score (nSPS) is 44.0. The van der Waals surface area contributed by atoms with Crippen molar-refractivity contribution in [3.63, 3.8) is 0 Å². The Bertz CT molecular complexity index is 831. The molecule has 4 aliphatic carbocycles. The van der Waals surface area contributed by atoms with E-state index in [-0.39, 0.29) is 23.2 Å². The maximum absolute atomic E-state index is 12.6. The van der Waals surface area contributed by atoms with Crippen LogP contribution in [0.15, 0.2) is 21.2 Å². The van der Waals surface area contributed by atoms with E-state index in [4.69, 9.17) is 9.15 Å². The lowest BCUT2D eigenvalue weighted by Gasteiger charge is -2.60. The van der Waals surface area contributed by atoms with E-state index in [1.165, 1.54) is 19.3 Å². The molecule has 0 aromatic carbocycles. The summed E-state index contributed by atoms with van der Waals surface area (Å²) in [4.78, 5) is 25.0. The summed E-state index contributed by atoms with van der Waals surface area (Å²) in [6, 6.07) is 3.38. The Morgan fingerprint density at radius 1 is 1.10 bits per heavy atom. The number of carbonyl (C=O) groups excluding carboxylic acids is 2. The van der Waals surface area contributed by atoms with Crippen LogP contribution in [0.1, 0.15) is 82.2 Å². The summed E-state index contributed by atoms with van der Waals surface area (Å²) in [7, 11) is 0. The Morgan fingerprint density at radius 2 is 1.93 bits per heavy atom. The highest BCUT2D eigenvalue weighted by atomic mass is 79.9. The zero-order chi connectivity index (χ0) is 20.4. The zero-order valence-corrected chi connectivity index (χ0v) is 19.0. The molecule has 7 atom stereocenters. The number of halogens is 1. The van der Waals surface area contributed by atoms with Crippen molar-refractivity contribution in [3.05, 3.63) is 22.6 Å². The third kappa shape index (κ3) is 3.05. The van der Waals surface area contributed by atoms with Crippen LogP contribution in [0.2, 0.25) is 0 Å². The number of hydrogen-bond acceptors (Lipinski definition) is 4. The standard InChI is InChI=1S/C24H31BrO4/c1-23-11-9-15(28-22(27)19-6-8-21(25)29-19)13-14(23)3-4-16-17-5-7-20(26)24(17,2)12-10-18(16)23/h6,8,14-18H,3-5,7,9-13H2,1-2H3/t14-,15-,16-,17-,18-,23-,24-/m0/s1. The SMILES string of the molecule is C[C@]12CC[C@H](OC(=O)c3ccc(Br)o3)C[C@@H]1CC[C@@H]1[C@@H]2CC[C@]2(C)C(=O)CC[C@@H]12. The van der Waals surface area contributed by atoms with Crippen LogP contribution < -0.4 is 0 Å². The second kappa shape index (κ2) is 6.96. The quantitative estimate of drug-likeness (QED) is 0.492. The molecule has 0 amide bonds. The summed E-state index contributed by atoms with van der Waals surface area (Å²) in [5.74, 6) is 3.08. The number of rotatable bonds is 2. The minimum absolute atomic E-state index is 0.0112. The van der Waals surface area contributed by atoms with Gasteiger partial charge < -0.3 is 9.15 Å². The van der Waals surface area contributed by atoms with E-state index in [2.05, 4.69) is 29.8 Å². The van der Waals surface area contributed by atoms with Gasteiger partial charge in [-0.2, -0.15) is 0 Å². The van der Waals surface area contributed by atoms with E-state index >= 15 is 0 Å². The molecule has 0 unspecified atom stereocenters. The van der Waals surface area contributed by atoms with Crippen LogP contribution in [-0.4, -0.2) is 17.9 Å². The Morgan fingerprint density at radius 3 is 2.69 bits per heavy atom. The molecule has 0 N–H and O–H groups in total. The van der Waals surface area contributed by atoms with Gasteiger partial charge in [-0.15, -0.1) is 0 Å². The fourth-order valence-corrected chi connectivity index (χ4v) is 8.04. The Labute approximate surface area is 181 Å². The summed E-state index contributed by atoms with van der Waals surface area (Å²) in [6.07, 6.45) is 9.63. The van der Waals surface area contributed by atoms with Crippen molar-refractivity contribution in [1.82, 2.24) is 0 Å². The molecule has 0 spiro atoms. The van der Waals surface area contributed by atoms with Gasteiger partial charge in [-0.05, 0) is 109 Å². The summed E-state index contributed by atoms with van der Waals surface area (Å²) >= 11 is 3.24. The van der Waals surface area contributed by atoms with Crippen LogP contribution in [0.25, 0.3) is 0 Å². The molecule has 1 aromatic heterocycles. The molecule has 5 rings (SSSR count). The van der Waals surface area contributed by atoms with Gasteiger partial charge >= 0.3 is 5.97 Å². The van der Waals surface area contributed by atoms with Crippen LogP contribution in [0, 0.1) is 34.5 Å². The van der Waals surface area contributed by atoms with Crippen molar-refractivity contribution in [3.8, 4) is 0 Å². The van der Waals surface area contributed by atoms with Crippen molar-refractivity contribution in [2.75, 3.05) is 0 Å². The minimum Gasteiger partial charge on any atom is -0.457 e. The van der Waals surface area contributed by atoms with Gasteiger partial charge in [0.25, 0.3) is 0 Å². The van der Waals surface area contributed by atoms with Gasteiger partial charge in [0.15, 0.2) is 4.67 Å². The largest absolute Gasteiger partial charge is 0.457 e. The van der Waals surface area contributed by atoms with Crippen molar-refractivity contribution in [2.24, 2.45) is 34.5 Å². The number of esters is 1. The maximum atomic E-state index is 12.6. The lowest BCUT2D eigenvalue weighted by Crippen LogP contribution is -2.54. The monoisotopic (exact) mass is 462 g/mol. The van der Waals surface area contributed by atoms with E-state index in [0.29, 0.717) is 33.6 Å². The third-order valence-corrected chi connectivity index (χ3v) is 9.80. The van der Waals surface area contributed by atoms with Gasteiger partial charge in [0.2, 0.25) is 5.76 Å². The molecule has 0 saturated heterocycles. The van der Waals surface area contributed by atoms with Crippen molar-refractivity contribution < 1.29 is 18.7 Å². The van der Waals surface area contributed by atoms with Gasteiger partial charge in [-0.3, -0.25) is 4.79 Å². The van der Waals surface area contributed by atoms with Crippen molar-refractivity contribution >= 4 is 27.7 Å². The average Bonchev–Trinajstić information content (AvgIpc) is 3.25. The van der Waals surface area contributed by atoms with E-state index in [9.17, 15) is 9.59 Å². The molecule has 5 heteroatoms. The Balaban J connectivity index is 1.29. The first-order chi connectivity index (χ1) is 13.8. The molecule has 4 saturated carbocycles. The first kappa shape index (κ1) is 19.8. The van der Waals surface area contributed by atoms with Crippen molar-refractivity contribution in [2.45, 2.75) is 77.7 Å². The van der Waals surface area contributed by atoms with E-state index < -0.39 is 0 Å². The van der Waals surface area contributed by atoms with Gasteiger partial charge in [-0.25, -0.2) is 4.79 Å². The predicted molar refractivity (Wildman–Crippen MR) is 112 cm³/mol. The Kier molecular flexibility index (Phi) is 4.76. The summed E-state index contributed by atoms with van der Waals surface area (Å²) in [5.41, 5.74) is 0.279. The highest BCUT2D eigenvalue weighted by Crippen LogP contribution is 2.65. The van der Waals surface area contributed by atoms with Gasteiger partial charge in [0.05, 0.1) is 0 Å². The molecular weight excluding hydrogens is 432 g/mol. The number of hydrogen-bond donors (Lipinski definition) is 0. The number of carbonyl (C=O) groups is 2. The lowest BCUT2D eigenvalue weighted by atomic mass is 9.45. The average molecular weight is 463 g/mol. The molecule has 1 heterocycles. The summed E-state index contributed by atoms with van der Waals surface area (Å²) in [5, 5.41) is 0. The van der Waals surface area contributed by atoms with Gasteiger partial charge in [0, 0.05) is 11.8 Å². The van der Waals surface area contributed by atoms with Crippen LogP contribution in [0.3, 0.4) is 0 Å². The number of fused-ring (bicyclic) bond motifs is 5. The molecule has 1 aromatic rings. The second-order valence-corrected chi connectivity index (χ2v) is 11.3. The number of furan rings is 1. The lowest BCUT2D eigenvalue weighted by molar-refractivity contribution is -0.142. The highest BCUT2D eigenvalue weighted by Gasteiger charge is 2.60. The van der Waals surface area contributed by atoms with Crippen LogP contribution >= 0.6 is 15.9 Å². The number of ether oxygens (including phenoxy) is 1. The minimum atomic E-state index is -0.351. The molecule has 4 nitrogen and oxygen atoms in total. The maximum Gasteiger partial charge on any atom is 0.374 e. The van der Waals surface area contributed by atoms with Crippen LogP contribution in [0.5, 0.6) is 0 Å². The molecule has 0 bridgehead atoms. The van der Waals surface area contributed by atoms with E-state index in [1.54, 1.807) is 12.1 Å². The molecule has 0 aliphatic heterocycles. The summed E-state index contributed by atoms with van der Waals surface area (Å²) < 4.78 is 11.7. The fraction of sp³-hybridized carbons (Fsp3) is 0.750. The predicted octanol–water partition coefficient (Wildman–Crippen LogP) is 6.18. The Hall–Kier alpha value is -1.10. The van der Waals surface area contributed by atoms with Crippen LogP contribution in [0.4, 0.5) is 0 Å². The highest BCUT2D eigenvalue weighted by molar-refractivity contribution is 9.10. The molecular formula is C24H31BrO4. The first-order valence-electron chi connectivity index (χ1n) is 11.3. The van der Waals surface area contributed by atoms with Gasteiger partial charge in [-0.1, -0.05) is 13.8 Å². The van der Waals surface area contributed by atoms with Gasteiger partial charge in [0.1, 0.15) is 11.9 Å².